The number of aromatic nitrogens is 1. The van der Waals surface area contributed by atoms with Gasteiger partial charge in [0, 0.05) is 4.88 Å². The number of nitrogens with zero attached hydrogens (tertiary/aromatic N) is 1. The molecule has 1 aliphatic heterocycles. The second kappa shape index (κ2) is 4.33. The second-order valence-electron chi connectivity index (χ2n) is 3.96. The van der Waals surface area contributed by atoms with Gasteiger partial charge in [-0.25, -0.2) is 4.98 Å². The van der Waals surface area contributed by atoms with Crippen molar-refractivity contribution in [3.63, 3.8) is 0 Å². The molecule has 1 aromatic rings. The maximum absolute atomic E-state index is 12.5. The number of rotatable bonds is 1. The SMILES string of the molecule is Cc1sc(C(F)(F)F)nc1C1CCCCN1. The van der Waals surface area contributed by atoms with Crippen LogP contribution in [-0.2, 0) is 6.18 Å². The summed E-state index contributed by atoms with van der Waals surface area (Å²) in [5, 5.41) is 2.49. The smallest absolute Gasteiger partial charge is 0.309 e. The van der Waals surface area contributed by atoms with Gasteiger partial charge >= 0.3 is 6.18 Å². The molecule has 16 heavy (non-hydrogen) atoms. The van der Waals surface area contributed by atoms with Crippen LogP contribution < -0.4 is 5.32 Å². The van der Waals surface area contributed by atoms with E-state index in [9.17, 15) is 13.2 Å². The fraction of sp³-hybridized carbons (Fsp3) is 0.700. The van der Waals surface area contributed by atoms with E-state index in [1.165, 1.54) is 0 Å². The largest absolute Gasteiger partial charge is 0.443 e. The molecule has 0 aromatic carbocycles. The van der Waals surface area contributed by atoms with E-state index in [1.807, 2.05) is 0 Å². The van der Waals surface area contributed by atoms with Crippen LogP contribution in [0.4, 0.5) is 13.2 Å². The Bertz CT molecular complexity index is 367. The van der Waals surface area contributed by atoms with Gasteiger partial charge in [-0.1, -0.05) is 6.42 Å². The summed E-state index contributed by atoms with van der Waals surface area (Å²) in [7, 11) is 0. The number of alkyl halides is 3. The fourth-order valence-corrected chi connectivity index (χ4v) is 2.78. The maximum Gasteiger partial charge on any atom is 0.443 e. The molecule has 0 spiro atoms. The first-order valence-corrected chi connectivity index (χ1v) is 6.08. The molecule has 2 heterocycles. The Hall–Kier alpha value is -0.620. The average Bonchev–Trinajstić information content (AvgIpc) is 2.61. The first kappa shape index (κ1) is 11.9. The Morgan fingerprint density at radius 2 is 2.12 bits per heavy atom. The van der Waals surface area contributed by atoms with Gasteiger partial charge in [0.05, 0.1) is 11.7 Å². The van der Waals surface area contributed by atoms with E-state index in [1.54, 1.807) is 6.92 Å². The van der Waals surface area contributed by atoms with E-state index >= 15 is 0 Å². The van der Waals surface area contributed by atoms with Crippen molar-refractivity contribution in [2.24, 2.45) is 0 Å². The molecule has 0 saturated carbocycles. The van der Waals surface area contributed by atoms with Gasteiger partial charge in [-0.2, -0.15) is 13.2 Å². The van der Waals surface area contributed by atoms with Gasteiger partial charge in [0.25, 0.3) is 0 Å². The molecule has 2 rings (SSSR count). The third kappa shape index (κ3) is 2.38. The van der Waals surface area contributed by atoms with Crippen LogP contribution in [-0.4, -0.2) is 11.5 Å². The highest BCUT2D eigenvalue weighted by molar-refractivity contribution is 7.11. The summed E-state index contributed by atoms with van der Waals surface area (Å²) in [6.07, 6.45) is -1.30. The molecule has 2 nitrogen and oxygen atoms in total. The van der Waals surface area contributed by atoms with Gasteiger partial charge in [-0.05, 0) is 26.3 Å². The summed E-state index contributed by atoms with van der Waals surface area (Å²) in [6.45, 7) is 2.57. The van der Waals surface area contributed by atoms with Crippen LogP contribution >= 0.6 is 11.3 Å². The lowest BCUT2D eigenvalue weighted by molar-refractivity contribution is -0.137. The first-order valence-electron chi connectivity index (χ1n) is 5.26. The minimum Gasteiger partial charge on any atom is -0.309 e. The summed E-state index contributed by atoms with van der Waals surface area (Å²) < 4.78 is 37.4. The van der Waals surface area contributed by atoms with E-state index < -0.39 is 11.2 Å². The molecule has 1 fully saturated rings. The van der Waals surface area contributed by atoms with Crippen LogP contribution in [0.15, 0.2) is 0 Å². The minimum absolute atomic E-state index is 0.00102. The zero-order chi connectivity index (χ0) is 11.8. The van der Waals surface area contributed by atoms with Gasteiger partial charge in [-0.3, -0.25) is 0 Å². The molecule has 1 N–H and O–H groups in total. The molecule has 1 saturated heterocycles. The molecule has 0 radical (unpaired) electrons. The molecule has 0 amide bonds. The number of piperidine rings is 1. The molecule has 0 aliphatic carbocycles. The molecule has 6 heteroatoms. The molecule has 90 valence electrons. The molecular weight excluding hydrogens is 237 g/mol. The molecule has 0 bridgehead atoms. The maximum atomic E-state index is 12.5. The number of thiazole rings is 1. The minimum atomic E-state index is -4.32. The summed E-state index contributed by atoms with van der Waals surface area (Å²) in [5.41, 5.74) is 0.581. The van der Waals surface area contributed by atoms with Crippen LogP contribution in [0.25, 0.3) is 0 Å². The van der Waals surface area contributed by atoms with E-state index in [4.69, 9.17) is 0 Å². The Labute approximate surface area is 95.9 Å². The Kier molecular flexibility index (Phi) is 3.21. The number of halogens is 3. The Balaban J connectivity index is 2.24. The first-order chi connectivity index (χ1) is 7.48. The normalized spacial score (nSPS) is 22.4. The van der Waals surface area contributed by atoms with Gasteiger partial charge in [0.2, 0.25) is 0 Å². The predicted octanol–water partition coefficient (Wildman–Crippen LogP) is 3.28. The highest BCUT2D eigenvalue weighted by Gasteiger charge is 2.36. The van der Waals surface area contributed by atoms with Gasteiger partial charge in [-0.15, -0.1) is 11.3 Å². The third-order valence-electron chi connectivity index (χ3n) is 2.72. The van der Waals surface area contributed by atoms with Crippen molar-refractivity contribution >= 4 is 11.3 Å². The highest BCUT2D eigenvalue weighted by atomic mass is 32.1. The number of aryl methyl sites for hydroxylation is 1. The fourth-order valence-electron chi connectivity index (χ4n) is 1.94. The zero-order valence-electron chi connectivity index (χ0n) is 8.90. The number of hydrogen-bond acceptors (Lipinski definition) is 3. The van der Waals surface area contributed by atoms with E-state index in [0.717, 1.165) is 37.1 Å². The molecule has 1 unspecified atom stereocenters. The van der Waals surface area contributed by atoms with Gasteiger partial charge in [0.1, 0.15) is 0 Å². The Morgan fingerprint density at radius 3 is 2.62 bits per heavy atom. The number of hydrogen-bond donors (Lipinski definition) is 1. The number of nitrogens with one attached hydrogen (secondary N) is 1. The zero-order valence-corrected chi connectivity index (χ0v) is 9.71. The van der Waals surface area contributed by atoms with Crippen LogP contribution in [0.1, 0.15) is 40.9 Å². The lowest BCUT2D eigenvalue weighted by Crippen LogP contribution is -2.27. The highest BCUT2D eigenvalue weighted by Crippen LogP contribution is 2.36. The lowest BCUT2D eigenvalue weighted by Gasteiger charge is -2.22. The monoisotopic (exact) mass is 250 g/mol. The summed E-state index contributed by atoms with van der Waals surface area (Å²) in [6, 6.07) is 0.00102. The van der Waals surface area contributed by atoms with Crippen LogP contribution in [0.3, 0.4) is 0 Å². The quantitative estimate of drug-likeness (QED) is 0.827. The van der Waals surface area contributed by atoms with Gasteiger partial charge < -0.3 is 5.32 Å². The molecule has 1 atom stereocenters. The molecule has 1 aliphatic rings. The van der Waals surface area contributed by atoms with Crippen LogP contribution in [0, 0.1) is 6.92 Å². The van der Waals surface area contributed by atoms with E-state index in [2.05, 4.69) is 10.3 Å². The van der Waals surface area contributed by atoms with Crippen molar-refractivity contribution in [2.45, 2.75) is 38.4 Å². The standard InChI is InChI=1S/C10H13F3N2S/c1-6-8(7-4-2-3-5-14-7)15-9(16-6)10(11,12)13/h7,14H,2-5H2,1H3. The molecular formula is C10H13F3N2S. The van der Waals surface area contributed by atoms with Crippen molar-refractivity contribution in [3.8, 4) is 0 Å². The van der Waals surface area contributed by atoms with Crippen molar-refractivity contribution in [2.75, 3.05) is 6.54 Å². The van der Waals surface area contributed by atoms with Crippen molar-refractivity contribution in [3.05, 3.63) is 15.6 Å². The van der Waals surface area contributed by atoms with E-state index in [0.29, 0.717) is 10.6 Å². The Morgan fingerprint density at radius 1 is 1.38 bits per heavy atom. The summed E-state index contributed by atoms with van der Waals surface area (Å²) in [4.78, 5) is 4.41. The third-order valence-corrected chi connectivity index (χ3v) is 3.75. The van der Waals surface area contributed by atoms with E-state index in [-0.39, 0.29) is 6.04 Å². The van der Waals surface area contributed by atoms with Crippen molar-refractivity contribution < 1.29 is 13.2 Å². The topological polar surface area (TPSA) is 24.9 Å². The van der Waals surface area contributed by atoms with Crippen LogP contribution in [0.2, 0.25) is 0 Å². The molecule has 1 aromatic heterocycles. The lowest BCUT2D eigenvalue weighted by atomic mass is 10.0. The van der Waals surface area contributed by atoms with Gasteiger partial charge in [0.15, 0.2) is 5.01 Å². The summed E-state index contributed by atoms with van der Waals surface area (Å²) in [5.74, 6) is 0. The van der Waals surface area contributed by atoms with Crippen LogP contribution in [0.5, 0.6) is 0 Å². The summed E-state index contributed by atoms with van der Waals surface area (Å²) >= 11 is 0.739. The van der Waals surface area contributed by atoms with Crippen molar-refractivity contribution in [1.82, 2.24) is 10.3 Å². The average molecular weight is 250 g/mol. The second-order valence-corrected chi connectivity index (χ2v) is 5.16. The van der Waals surface area contributed by atoms with Crippen molar-refractivity contribution in [1.29, 1.82) is 0 Å². The predicted molar refractivity (Wildman–Crippen MR) is 56.4 cm³/mol.